The maximum absolute atomic E-state index is 10.9. The van der Waals surface area contributed by atoms with E-state index in [9.17, 15) is 4.79 Å². The van der Waals surface area contributed by atoms with E-state index in [1.807, 2.05) is 37.4 Å². The summed E-state index contributed by atoms with van der Waals surface area (Å²) in [6, 6.07) is 13.0. The predicted molar refractivity (Wildman–Crippen MR) is 63.9 cm³/mol. The van der Waals surface area contributed by atoms with Gasteiger partial charge in [-0.05, 0) is 12.1 Å². The van der Waals surface area contributed by atoms with Gasteiger partial charge >= 0.3 is 5.97 Å². The van der Waals surface area contributed by atoms with Crippen LogP contribution in [0.1, 0.15) is 21.6 Å². The molecule has 1 aromatic heterocycles. The monoisotopic (exact) mass is 228 g/mol. The molecule has 2 rings (SSSR count). The van der Waals surface area contributed by atoms with Crippen molar-refractivity contribution >= 4 is 5.97 Å². The number of carboxylic acids is 1. The van der Waals surface area contributed by atoms with Crippen molar-refractivity contribution in [1.82, 2.24) is 0 Å². The number of carbonyl (C=O) groups is 1. The van der Waals surface area contributed by atoms with Crippen LogP contribution >= 0.6 is 0 Å². The number of aromatic carboxylic acids is 1. The van der Waals surface area contributed by atoms with Crippen molar-refractivity contribution in [2.24, 2.45) is 0 Å². The maximum Gasteiger partial charge on any atom is 0.335 e. The minimum Gasteiger partial charge on any atom is -0.478 e. The van der Waals surface area contributed by atoms with Crippen molar-refractivity contribution in [3.63, 3.8) is 0 Å². The molecule has 0 spiro atoms. The lowest BCUT2D eigenvalue weighted by molar-refractivity contribution is -0.694. The molecule has 2 aromatic rings. The zero-order valence-electron chi connectivity index (χ0n) is 9.63. The van der Waals surface area contributed by atoms with Gasteiger partial charge < -0.3 is 5.11 Å². The van der Waals surface area contributed by atoms with Crippen molar-refractivity contribution in [2.75, 3.05) is 0 Å². The average molecular weight is 228 g/mol. The van der Waals surface area contributed by atoms with Crippen LogP contribution in [0, 0.1) is 6.92 Å². The Labute approximate surface area is 100.0 Å². The largest absolute Gasteiger partial charge is 0.478 e. The van der Waals surface area contributed by atoms with Crippen LogP contribution in [0.5, 0.6) is 0 Å². The number of hydrogen-bond acceptors (Lipinski definition) is 1. The van der Waals surface area contributed by atoms with Gasteiger partial charge in [0.25, 0.3) is 0 Å². The molecular formula is C14H14NO2+. The Morgan fingerprint density at radius 1 is 1.24 bits per heavy atom. The van der Waals surface area contributed by atoms with Crippen LogP contribution in [-0.2, 0) is 6.54 Å². The molecular weight excluding hydrogens is 214 g/mol. The van der Waals surface area contributed by atoms with Crippen LogP contribution in [0.15, 0.2) is 48.7 Å². The van der Waals surface area contributed by atoms with Gasteiger partial charge in [-0.2, -0.15) is 4.57 Å². The molecule has 0 radical (unpaired) electrons. The summed E-state index contributed by atoms with van der Waals surface area (Å²) < 4.78 is 2.08. The highest BCUT2D eigenvalue weighted by molar-refractivity contribution is 5.87. The lowest BCUT2D eigenvalue weighted by atomic mass is 10.1. The SMILES string of the molecule is Cc1cccc[n+]1Cc1cccc(C(=O)O)c1. The third kappa shape index (κ3) is 2.69. The molecule has 0 unspecified atom stereocenters. The molecule has 0 aliphatic heterocycles. The van der Waals surface area contributed by atoms with Gasteiger partial charge in [-0.15, -0.1) is 0 Å². The topological polar surface area (TPSA) is 41.2 Å². The van der Waals surface area contributed by atoms with E-state index in [0.29, 0.717) is 12.1 Å². The molecule has 1 N–H and O–H groups in total. The van der Waals surface area contributed by atoms with E-state index in [0.717, 1.165) is 11.3 Å². The van der Waals surface area contributed by atoms with Crippen molar-refractivity contribution in [1.29, 1.82) is 0 Å². The second-order valence-corrected chi connectivity index (χ2v) is 3.98. The van der Waals surface area contributed by atoms with Crippen molar-refractivity contribution < 1.29 is 14.5 Å². The first kappa shape index (κ1) is 11.3. The molecule has 17 heavy (non-hydrogen) atoms. The summed E-state index contributed by atoms with van der Waals surface area (Å²) in [5, 5.41) is 8.92. The van der Waals surface area contributed by atoms with E-state index in [2.05, 4.69) is 4.57 Å². The van der Waals surface area contributed by atoms with Gasteiger partial charge in [0.15, 0.2) is 18.4 Å². The van der Waals surface area contributed by atoms with Crippen molar-refractivity contribution in [3.8, 4) is 0 Å². The van der Waals surface area contributed by atoms with Gasteiger partial charge in [0.2, 0.25) is 0 Å². The van der Waals surface area contributed by atoms with E-state index in [1.54, 1.807) is 18.2 Å². The summed E-state index contributed by atoms with van der Waals surface area (Å²) in [5.41, 5.74) is 2.47. The third-order valence-corrected chi connectivity index (χ3v) is 2.69. The van der Waals surface area contributed by atoms with Gasteiger partial charge in [0.1, 0.15) is 0 Å². The van der Waals surface area contributed by atoms with E-state index in [4.69, 9.17) is 5.11 Å². The Bertz CT molecular complexity index is 549. The summed E-state index contributed by atoms with van der Waals surface area (Å²) >= 11 is 0. The number of hydrogen-bond donors (Lipinski definition) is 1. The summed E-state index contributed by atoms with van der Waals surface area (Å²) in [4.78, 5) is 10.9. The zero-order valence-corrected chi connectivity index (χ0v) is 9.63. The number of aromatic nitrogens is 1. The minimum atomic E-state index is -0.887. The molecule has 1 aromatic carbocycles. The fourth-order valence-corrected chi connectivity index (χ4v) is 1.74. The molecule has 3 heteroatoms. The fourth-order valence-electron chi connectivity index (χ4n) is 1.74. The highest BCUT2D eigenvalue weighted by Crippen LogP contribution is 2.05. The maximum atomic E-state index is 10.9. The van der Waals surface area contributed by atoms with Crippen LogP contribution in [0.3, 0.4) is 0 Å². The molecule has 0 saturated carbocycles. The molecule has 1 heterocycles. The Morgan fingerprint density at radius 2 is 2.06 bits per heavy atom. The smallest absolute Gasteiger partial charge is 0.335 e. The van der Waals surface area contributed by atoms with Crippen LogP contribution in [0.4, 0.5) is 0 Å². The van der Waals surface area contributed by atoms with E-state index >= 15 is 0 Å². The Balaban J connectivity index is 2.28. The van der Waals surface area contributed by atoms with Gasteiger partial charge in [-0.3, -0.25) is 0 Å². The molecule has 0 saturated heterocycles. The van der Waals surface area contributed by atoms with Gasteiger partial charge in [0, 0.05) is 24.6 Å². The van der Waals surface area contributed by atoms with E-state index < -0.39 is 5.97 Å². The zero-order chi connectivity index (χ0) is 12.3. The third-order valence-electron chi connectivity index (χ3n) is 2.69. The number of nitrogens with zero attached hydrogens (tertiary/aromatic N) is 1. The van der Waals surface area contributed by atoms with Gasteiger partial charge in [-0.1, -0.05) is 18.2 Å². The Morgan fingerprint density at radius 3 is 2.76 bits per heavy atom. The molecule has 0 amide bonds. The van der Waals surface area contributed by atoms with Gasteiger partial charge in [0.05, 0.1) is 5.56 Å². The van der Waals surface area contributed by atoms with Gasteiger partial charge in [-0.25, -0.2) is 4.79 Å². The molecule has 0 aliphatic carbocycles. The van der Waals surface area contributed by atoms with Crippen LogP contribution in [-0.4, -0.2) is 11.1 Å². The van der Waals surface area contributed by atoms with E-state index in [1.165, 1.54) is 0 Å². The summed E-state index contributed by atoms with van der Waals surface area (Å²) in [7, 11) is 0. The first-order valence-electron chi connectivity index (χ1n) is 5.44. The quantitative estimate of drug-likeness (QED) is 0.817. The normalized spacial score (nSPS) is 10.2. The number of rotatable bonds is 3. The second-order valence-electron chi connectivity index (χ2n) is 3.98. The standard InChI is InChI=1S/C14H13NO2/c1-11-5-2-3-8-15(11)10-12-6-4-7-13(9-12)14(16)17/h2-9H,10H2,1H3/p+1. The molecule has 0 atom stereocenters. The first-order valence-corrected chi connectivity index (χ1v) is 5.44. The molecule has 86 valence electrons. The summed E-state index contributed by atoms with van der Waals surface area (Å²) in [6.45, 7) is 2.72. The van der Waals surface area contributed by atoms with Crippen LogP contribution < -0.4 is 4.57 Å². The lowest BCUT2D eigenvalue weighted by Gasteiger charge is -2.01. The Kier molecular flexibility index (Phi) is 3.19. The summed E-state index contributed by atoms with van der Waals surface area (Å²) in [5.74, 6) is -0.887. The minimum absolute atomic E-state index is 0.330. The second kappa shape index (κ2) is 4.78. The predicted octanol–water partition coefficient (Wildman–Crippen LogP) is 2.03. The van der Waals surface area contributed by atoms with Crippen LogP contribution in [0.25, 0.3) is 0 Å². The highest BCUT2D eigenvalue weighted by atomic mass is 16.4. The van der Waals surface area contributed by atoms with Crippen LogP contribution in [0.2, 0.25) is 0 Å². The average Bonchev–Trinajstić information content (AvgIpc) is 2.32. The fraction of sp³-hybridized carbons (Fsp3) is 0.143. The van der Waals surface area contributed by atoms with Crippen molar-refractivity contribution in [2.45, 2.75) is 13.5 Å². The molecule has 0 fully saturated rings. The van der Waals surface area contributed by atoms with E-state index in [-0.39, 0.29) is 0 Å². The first-order chi connectivity index (χ1) is 8.16. The molecule has 3 nitrogen and oxygen atoms in total. The number of benzene rings is 1. The van der Waals surface area contributed by atoms with Crippen molar-refractivity contribution in [3.05, 3.63) is 65.5 Å². The molecule has 0 aliphatic rings. The Hall–Kier alpha value is -2.16. The number of pyridine rings is 1. The number of aryl methyl sites for hydroxylation is 1. The highest BCUT2D eigenvalue weighted by Gasteiger charge is 2.08. The lowest BCUT2D eigenvalue weighted by Crippen LogP contribution is -2.36. The number of carboxylic acid groups (broad SMARTS) is 1. The summed E-state index contributed by atoms with van der Waals surface area (Å²) in [6.07, 6.45) is 1.99. The molecule has 0 bridgehead atoms.